The summed E-state index contributed by atoms with van der Waals surface area (Å²) in [6, 6.07) is 13.8. The van der Waals surface area contributed by atoms with Gasteiger partial charge >= 0.3 is 0 Å². The van der Waals surface area contributed by atoms with Crippen LogP contribution in [0.2, 0.25) is 5.82 Å². The van der Waals surface area contributed by atoms with Crippen molar-refractivity contribution in [2.24, 2.45) is 0 Å². The van der Waals surface area contributed by atoms with E-state index in [9.17, 15) is 14.4 Å². The fourth-order valence-electron chi connectivity index (χ4n) is 5.13. The van der Waals surface area contributed by atoms with Gasteiger partial charge in [-0.15, -0.1) is 0 Å². The fraction of sp³-hybridized carbons (Fsp3) is 0.400. The predicted octanol–water partition coefficient (Wildman–Crippen LogP) is -0.149. The third-order valence-electron chi connectivity index (χ3n) is 7.58. The number of rotatable bonds is 6. The Morgan fingerprint density at radius 2 is 1.77 bits per heavy atom. The average molecular weight is 473 g/mol. The molecule has 3 amide bonds. The number of imide groups is 1. The first kappa shape index (κ1) is 23.6. The molecule has 2 saturated heterocycles. The molecule has 0 bridgehead atoms. The Bertz CT molecular complexity index is 1150. The lowest BCUT2D eigenvalue weighted by molar-refractivity contribution is -0.138. The van der Waals surface area contributed by atoms with Gasteiger partial charge in [-0.2, -0.15) is 0 Å². The Kier molecular flexibility index (Phi) is 6.42. The van der Waals surface area contributed by atoms with Gasteiger partial charge in [0.25, 0.3) is 5.91 Å². The number of amides is 3. The quantitative estimate of drug-likeness (QED) is 0.464. The van der Waals surface area contributed by atoms with Gasteiger partial charge in [0.2, 0.25) is 11.8 Å². The highest BCUT2D eigenvalue weighted by atomic mass is 16.5. The zero-order valence-electron chi connectivity index (χ0n) is 20.2. The maximum atomic E-state index is 13.3. The molecule has 1 N–H and O–H groups in total. The minimum atomic E-state index is -1.10. The van der Waals surface area contributed by atoms with E-state index in [1.807, 2.05) is 13.9 Å². The molecule has 2 atom stereocenters. The van der Waals surface area contributed by atoms with Gasteiger partial charge in [-0.3, -0.25) is 24.6 Å². The Balaban J connectivity index is 1.27. The second-order valence-corrected chi connectivity index (χ2v) is 9.80. The number of nitrogens with zero attached hydrogens (tertiary/aromatic N) is 2. The number of benzene rings is 2. The highest BCUT2D eigenvalue weighted by Gasteiger charge is 2.52. The summed E-state index contributed by atoms with van der Waals surface area (Å²) in [6.45, 7) is 5.04. The van der Waals surface area contributed by atoms with Gasteiger partial charge in [0.15, 0.2) is 0 Å². The van der Waals surface area contributed by atoms with Gasteiger partial charge in [-0.25, -0.2) is 0 Å². The van der Waals surface area contributed by atoms with Crippen LogP contribution in [0.15, 0.2) is 42.5 Å². The summed E-state index contributed by atoms with van der Waals surface area (Å²) in [4.78, 5) is 41.9. The minimum Gasteiger partial charge on any atom is -0.489 e. The summed E-state index contributed by atoms with van der Waals surface area (Å²) in [5, 5.41) is 2.40. The molecule has 0 radical (unpaired) electrons. The predicted molar refractivity (Wildman–Crippen MR) is 135 cm³/mol. The molecule has 2 aromatic rings. The van der Waals surface area contributed by atoms with Crippen LogP contribution in [0.3, 0.4) is 0 Å². The van der Waals surface area contributed by atoms with E-state index >= 15 is 0 Å². The van der Waals surface area contributed by atoms with Crippen molar-refractivity contribution >= 4 is 33.4 Å². The average Bonchev–Trinajstić information content (AvgIpc) is 3.20. The zero-order chi connectivity index (χ0) is 24.6. The van der Waals surface area contributed by atoms with Gasteiger partial charge in [0, 0.05) is 37.2 Å². The van der Waals surface area contributed by atoms with E-state index in [0.29, 0.717) is 17.9 Å². The van der Waals surface area contributed by atoms with Crippen molar-refractivity contribution in [3.8, 4) is 5.75 Å². The zero-order valence-corrected chi connectivity index (χ0v) is 20.2. The van der Waals surface area contributed by atoms with E-state index < -0.39 is 11.3 Å². The molecule has 0 aromatic heterocycles. The highest BCUT2D eigenvalue weighted by molar-refractivity contribution is 6.38. The van der Waals surface area contributed by atoms with Crippen molar-refractivity contribution in [3.63, 3.8) is 0 Å². The molecule has 0 saturated carbocycles. The maximum Gasteiger partial charge on any atom is 0.254 e. The number of carbonyl (C=O) groups excluding carboxylic acids is 3. The summed E-state index contributed by atoms with van der Waals surface area (Å²) >= 11 is 0. The van der Waals surface area contributed by atoms with Crippen LogP contribution in [0.5, 0.6) is 5.75 Å². The first-order valence-corrected chi connectivity index (χ1v) is 12.1. The van der Waals surface area contributed by atoms with Gasteiger partial charge in [-0.1, -0.05) is 30.3 Å². The summed E-state index contributed by atoms with van der Waals surface area (Å²) in [7, 11) is 3.58. The lowest BCUT2D eigenvalue weighted by Crippen LogP contribution is -2.66. The molecule has 2 unspecified atom stereocenters. The number of piperidine rings is 1. The molecule has 180 valence electrons. The first-order valence-electron chi connectivity index (χ1n) is 12.1. The van der Waals surface area contributed by atoms with E-state index in [0.717, 1.165) is 44.0 Å². The lowest BCUT2D eigenvalue weighted by Gasteiger charge is -2.44. The number of morpholine rings is 1. The monoisotopic (exact) mass is 473 g/mol. The Morgan fingerprint density at radius 1 is 1.06 bits per heavy atom. The van der Waals surface area contributed by atoms with Crippen LogP contribution < -0.4 is 10.1 Å². The van der Waals surface area contributed by atoms with E-state index in [1.54, 1.807) is 24.9 Å². The largest absolute Gasteiger partial charge is 0.489 e. The van der Waals surface area contributed by atoms with Crippen LogP contribution in [-0.4, -0.2) is 75.0 Å². The van der Waals surface area contributed by atoms with Gasteiger partial charge in [0.05, 0.1) is 25.2 Å². The molecule has 35 heavy (non-hydrogen) atoms. The number of carbonyl (C=O) groups is 3. The number of fused-ring (bicyclic) bond motifs is 1. The second kappa shape index (κ2) is 9.51. The molecule has 10 heteroatoms. The minimum absolute atomic E-state index is 0.202. The molecule has 2 fully saturated rings. The van der Waals surface area contributed by atoms with E-state index in [1.165, 1.54) is 5.56 Å². The summed E-state index contributed by atoms with van der Waals surface area (Å²) in [6.07, 6.45) is 0.202. The normalized spacial score (nSPS) is 24.9. The smallest absolute Gasteiger partial charge is 0.254 e. The van der Waals surface area contributed by atoms with Crippen molar-refractivity contribution in [2.75, 3.05) is 26.3 Å². The van der Waals surface area contributed by atoms with Crippen molar-refractivity contribution in [3.05, 3.63) is 64.7 Å². The maximum absolute atomic E-state index is 13.3. The van der Waals surface area contributed by atoms with Crippen LogP contribution in [0, 0.1) is 0 Å². The molecule has 8 nitrogen and oxygen atoms in total. The molecular formula is C25H29B2N3O5. The van der Waals surface area contributed by atoms with Crippen molar-refractivity contribution in [1.82, 2.24) is 15.1 Å². The van der Waals surface area contributed by atoms with Crippen LogP contribution in [0.1, 0.15) is 33.5 Å². The number of hydrogen-bond donors (Lipinski definition) is 1. The van der Waals surface area contributed by atoms with E-state index in [4.69, 9.17) is 9.47 Å². The third kappa shape index (κ3) is 4.48. The van der Waals surface area contributed by atoms with Gasteiger partial charge in [0.1, 0.15) is 28.0 Å². The number of nitrogens with one attached hydrogen (secondary N) is 1. The van der Waals surface area contributed by atoms with E-state index in [2.05, 4.69) is 34.5 Å². The molecule has 0 aliphatic carbocycles. The lowest BCUT2D eigenvalue weighted by atomic mass is 9.56. The Hall–Kier alpha value is -3.10. The van der Waals surface area contributed by atoms with Crippen LogP contribution in [-0.2, 0) is 34.0 Å². The SMILES string of the molecule is BC1CC(=O)NC(=O)C1(B)N1Cc2c(OCc3ccc(CN4CCOCC4)cc3)cccc2C1=O. The second-order valence-electron chi connectivity index (χ2n) is 9.80. The van der Waals surface area contributed by atoms with Crippen molar-refractivity contribution in [2.45, 2.75) is 37.4 Å². The Morgan fingerprint density at radius 3 is 2.49 bits per heavy atom. The fourth-order valence-corrected chi connectivity index (χ4v) is 5.13. The third-order valence-corrected chi connectivity index (χ3v) is 7.58. The standard InChI is InChI=1S/C25H29B2N3O5/c26-21-12-22(31)28-24(33)25(21,27)30-14-19-18(23(30)32)2-1-3-20(19)35-15-17-6-4-16(5-7-17)13-29-8-10-34-11-9-29/h1-7,21H,8-15,26-27H2,(H,28,31,33). The molecular weight excluding hydrogens is 444 g/mol. The number of hydrogen-bond acceptors (Lipinski definition) is 6. The van der Waals surface area contributed by atoms with Gasteiger partial charge < -0.3 is 14.4 Å². The molecule has 3 aliphatic heterocycles. The molecule has 3 heterocycles. The van der Waals surface area contributed by atoms with E-state index in [-0.39, 0.29) is 30.6 Å². The molecule has 2 aromatic carbocycles. The van der Waals surface area contributed by atoms with Crippen LogP contribution in [0.25, 0.3) is 0 Å². The number of ether oxygens (including phenoxy) is 2. The van der Waals surface area contributed by atoms with Crippen LogP contribution in [0.4, 0.5) is 0 Å². The molecule has 5 rings (SSSR count). The summed E-state index contributed by atoms with van der Waals surface area (Å²) in [5.41, 5.74) is 2.52. The summed E-state index contributed by atoms with van der Waals surface area (Å²) in [5.74, 6) is -0.593. The molecule has 0 spiro atoms. The Labute approximate surface area is 206 Å². The molecule has 3 aliphatic rings. The van der Waals surface area contributed by atoms with Crippen molar-refractivity contribution < 1.29 is 23.9 Å². The van der Waals surface area contributed by atoms with Crippen LogP contribution >= 0.6 is 0 Å². The highest BCUT2D eigenvalue weighted by Crippen LogP contribution is 2.40. The van der Waals surface area contributed by atoms with Crippen molar-refractivity contribution in [1.29, 1.82) is 0 Å². The summed E-state index contributed by atoms with van der Waals surface area (Å²) < 4.78 is 11.6. The first-order chi connectivity index (χ1) is 16.9. The topological polar surface area (TPSA) is 88.2 Å². The van der Waals surface area contributed by atoms with Gasteiger partial charge in [-0.05, 0) is 29.1 Å².